The van der Waals surface area contributed by atoms with Crippen LogP contribution in [0.15, 0.2) is 24.4 Å². The molecular weight excluding hydrogens is 292 g/mol. The molecule has 2 aromatic heterocycles. The van der Waals surface area contributed by atoms with Crippen LogP contribution in [-0.2, 0) is 11.8 Å². The van der Waals surface area contributed by atoms with Gasteiger partial charge in [0.05, 0.1) is 5.69 Å². The number of carbonyl (C=O) groups is 1. The quantitative estimate of drug-likeness (QED) is 0.812. The Morgan fingerprint density at radius 1 is 1.35 bits per heavy atom. The van der Waals surface area contributed by atoms with E-state index in [4.69, 9.17) is 4.74 Å². The van der Waals surface area contributed by atoms with Gasteiger partial charge in [0.25, 0.3) is 0 Å². The number of aromatic nitrogens is 3. The lowest BCUT2D eigenvalue weighted by Gasteiger charge is -2.29. The third-order valence-electron chi connectivity index (χ3n) is 3.76. The second kappa shape index (κ2) is 5.68. The number of pyridine rings is 1. The van der Waals surface area contributed by atoms with Gasteiger partial charge >= 0.3 is 6.09 Å². The van der Waals surface area contributed by atoms with E-state index in [1.54, 1.807) is 15.8 Å². The molecule has 1 amide bonds. The van der Waals surface area contributed by atoms with Crippen molar-refractivity contribution < 1.29 is 9.53 Å². The number of carbonyl (C=O) groups excluding carboxylic acids is 1. The Morgan fingerprint density at radius 2 is 2.13 bits per heavy atom. The zero-order valence-corrected chi connectivity index (χ0v) is 14.0. The van der Waals surface area contributed by atoms with Gasteiger partial charge in [0.1, 0.15) is 5.60 Å². The minimum Gasteiger partial charge on any atom is -0.444 e. The van der Waals surface area contributed by atoms with Crippen LogP contribution in [-0.4, -0.2) is 44.4 Å². The Kier molecular flexibility index (Phi) is 3.83. The molecule has 3 heterocycles. The highest BCUT2D eigenvalue weighted by Crippen LogP contribution is 2.27. The minimum atomic E-state index is -0.468. The van der Waals surface area contributed by atoms with Crippen molar-refractivity contribution in [3.63, 3.8) is 0 Å². The zero-order valence-electron chi connectivity index (χ0n) is 14.0. The Balaban J connectivity index is 1.80. The highest BCUT2D eigenvalue weighted by molar-refractivity contribution is 5.89. The van der Waals surface area contributed by atoms with E-state index in [1.165, 1.54) is 0 Å². The first kappa shape index (κ1) is 15.5. The van der Waals surface area contributed by atoms with Gasteiger partial charge in [-0.05, 0) is 44.9 Å². The molecule has 0 spiro atoms. The summed E-state index contributed by atoms with van der Waals surface area (Å²) in [7, 11) is 1.90. The van der Waals surface area contributed by atoms with Crippen LogP contribution in [0.1, 0.15) is 32.9 Å². The van der Waals surface area contributed by atoms with Crippen molar-refractivity contribution in [2.45, 2.75) is 32.8 Å². The SMILES string of the molecule is Cn1nc(C2=CCN(C(=O)OC(C)(C)C)CC2)c2cccnc21. The maximum Gasteiger partial charge on any atom is 0.410 e. The lowest BCUT2D eigenvalue weighted by atomic mass is 10.0. The summed E-state index contributed by atoms with van der Waals surface area (Å²) in [4.78, 5) is 18.2. The molecule has 1 aliphatic heterocycles. The molecule has 2 aromatic rings. The molecule has 0 saturated carbocycles. The van der Waals surface area contributed by atoms with Gasteiger partial charge in [-0.15, -0.1) is 0 Å². The van der Waals surface area contributed by atoms with Gasteiger partial charge in [-0.25, -0.2) is 14.5 Å². The smallest absolute Gasteiger partial charge is 0.410 e. The van der Waals surface area contributed by atoms with Crippen molar-refractivity contribution in [3.05, 3.63) is 30.1 Å². The standard InChI is InChI=1S/C17H22N4O2/c1-17(2,3)23-16(22)21-10-7-12(8-11-21)14-13-6-5-9-18-15(13)20(4)19-14/h5-7,9H,8,10-11H2,1-4H3. The average molecular weight is 314 g/mol. The first-order valence-corrected chi connectivity index (χ1v) is 7.80. The van der Waals surface area contributed by atoms with E-state index >= 15 is 0 Å². The molecule has 6 nitrogen and oxygen atoms in total. The van der Waals surface area contributed by atoms with Gasteiger partial charge in [0.2, 0.25) is 0 Å². The first-order chi connectivity index (χ1) is 10.8. The van der Waals surface area contributed by atoms with Crippen LogP contribution >= 0.6 is 0 Å². The topological polar surface area (TPSA) is 60.2 Å². The van der Waals surface area contributed by atoms with Gasteiger partial charge in [-0.2, -0.15) is 5.10 Å². The van der Waals surface area contributed by atoms with Gasteiger partial charge in [-0.1, -0.05) is 6.08 Å². The Bertz CT molecular complexity index is 770. The van der Waals surface area contributed by atoms with E-state index in [0.717, 1.165) is 28.7 Å². The molecule has 0 unspecified atom stereocenters. The number of hydrogen-bond donors (Lipinski definition) is 0. The predicted molar refractivity (Wildman–Crippen MR) is 88.9 cm³/mol. The maximum absolute atomic E-state index is 12.1. The highest BCUT2D eigenvalue weighted by Gasteiger charge is 2.25. The summed E-state index contributed by atoms with van der Waals surface area (Å²) in [6.45, 7) is 6.82. The van der Waals surface area contributed by atoms with Crippen LogP contribution in [0, 0.1) is 0 Å². The van der Waals surface area contributed by atoms with Gasteiger partial charge in [0, 0.05) is 31.7 Å². The summed E-state index contributed by atoms with van der Waals surface area (Å²) < 4.78 is 7.22. The summed E-state index contributed by atoms with van der Waals surface area (Å²) in [5.74, 6) is 0. The fourth-order valence-corrected chi connectivity index (χ4v) is 2.70. The number of ether oxygens (including phenoxy) is 1. The number of aryl methyl sites for hydroxylation is 1. The van der Waals surface area contributed by atoms with E-state index in [9.17, 15) is 4.79 Å². The molecular formula is C17H22N4O2. The Hall–Kier alpha value is -2.37. The fraction of sp³-hybridized carbons (Fsp3) is 0.471. The van der Waals surface area contributed by atoms with Crippen molar-refractivity contribution >= 4 is 22.7 Å². The Labute approximate surface area is 135 Å². The van der Waals surface area contributed by atoms with Crippen molar-refractivity contribution in [2.75, 3.05) is 13.1 Å². The number of rotatable bonds is 1. The second-order valence-corrected chi connectivity index (χ2v) is 6.75. The van der Waals surface area contributed by atoms with E-state index in [2.05, 4.69) is 16.2 Å². The lowest BCUT2D eigenvalue weighted by Crippen LogP contribution is -2.39. The van der Waals surface area contributed by atoms with Gasteiger partial charge < -0.3 is 9.64 Å². The monoisotopic (exact) mass is 314 g/mol. The summed E-state index contributed by atoms with van der Waals surface area (Å²) >= 11 is 0. The molecule has 23 heavy (non-hydrogen) atoms. The van der Waals surface area contributed by atoms with E-state index in [-0.39, 0.29) is 6.09 Å². The van der Waals surface area contributed by atoms with E-state index < -0.39 is 5.60 Å². The molecule has 0 aliphatic carbocycles. The second-order valence-electron chi connectivity index (χ2n) is 6.75. The van der Waals surface area contributed by atoms with Crippen molar-refractivity contribution in [3.8, 4) is 0 Å². The molecule has 3 rings (SSSR count). The van der Waals surface area contributed by atoms with Crippen molar-refractivity contribution in [1.82, 2.24) is 19.7 Å². The number of hydrogen-bond acceptors (Lipinski definition) is 4. The van der Waals surface area contributed by atoms with Crippen LogP contribution in [0.2, 0.25) is 0 Å². The maximum atomic E-state index is 12.1. The lowest BCUT2D eigenvalue weighted by molar-refractivity contribution is 0.0270. The molecule has 0 N–H and O–H groups in total. The van der Waals surface area contributed by atoms with Gasteiger partial charge in [0.15, 0.2) is 5.65 Å². The van der Waals surface area contributed by atoms with Crippen LogP contribution in [0.5, 0.6) is 0 Å². The number of nitrogens with zero attached hydrogens (tertiary/aromatic N) is 4. The number of fused-ring (bicyclic) bond motifs is 1. The molecule has 0 radical (unpaired) electrons. The zero-order chi connectivity index (χ0) is 16.6. The third-order valence-corrected chi connectivity index (χ3v) is 3.76. The van der Waals surface area contributed by atoms with Crippen molar-refractivity contribution in [1.29, 1.82) is 0 Å². The van der Waals surface area contributed by atoms with Gasteiger partial charge in [-0.3, -0.25) is 0 Å². The normalized spacial score (nSPS) is 15.7. The van der Waals surface area contributed by atoms with Crippen LogP contribution in [0.4, 0.5) is 4.79 Å². The largest absolute Gasteiger partial charge is 0.444 e. The molecule has 0 saturated heterocycles. The van der Waals surface area contributed by atoms with E-state index in [0.29, 0.717) is 13.1 Å². The fourth-order valence-electron chi connectivity index (χ4n) is 2.70. The van der Waals surface area contributed by atoms with Crippen LogP contribution in [0.3, 0.4) is 0 Å². The van der Waals surface area contributed by atoms with E-state index in [1.807, 2.05) is 40.0 Å². The predicted octanol–water partition coefficient (Wildman–Crippen LogP) is 2.99. The first-order valence-electron chi connectivity index (χ1n) is 7.80. The molecule has 0 aromatic carbocycles. The summed E-state index contributed by atoms with van der Waals surface area (Å²) in [5.41, 5.74) is 2.52. The summed E-state index contributed by atoms with van der Waals surface area (Å²) in [6.07, 6.45) is 4.33. The van der Waals surface area contributed by atoms with Crippen molar-refractivity contribution in [2.24, 2.45) is 7.05 Å². The minimum absolute atomic E-state index is 0.264. The summed E-state index contributed by atoms with van der Waals surface area (Å²) in [5, 5.41) is 5.64. The Morgan fingerprint density at radius 3 is 2.78 bits per heavy atom. The van der Waals surface area contributed by atoms with Crippen LogP contribution < -0.4 is 0 Å². The molecule has 0 bridgehead atoms. The highest BCUT2D eigenvalue weighted by atomic mass is 16.6. The molecule has 0 fully saturated rings. The third kappa shape index (κ3) is 3.21. The molecule has 122 valence electrons. The molecule has 1 aliphatic rings. The number of amides is 1. The molecule has 0 atom stereocenters. The summed E-state index contributed by atoms with van der Waals surface area (Å²) in [6, 6.07) is 3.95. The van der Waals surface area contributed by atoms with Crippen LogP contribution in [0.25, 0.3) is 16.6 Å². The molecule has 6 heteroatoms. The average Bonchev–Trinajstić information content (AvgIpc) is 2.83.